The van der Waals surface area contributed by atoms with Crippen molar-refractivity contribution in [1.82, 2.24) is 5.32 Å². The molecule has 1 amide bonds. The van der Waals surface area contributed by atoms with Gasteiger partial charge in [0, 0.05) is 0 Å². The normalized spacial score (nSPS) is 23.4. The largest absolute Gasteiger partial charge is 0.364 e. The molecule has 1 fully saturated rings. The maximum absolute atomic E-state index is 12.7. The van der Waals surface area contributed by atoms with Gasteiger partial charge in [-0.25, -0.2) is 0 Å². The summed E-state index contributed by atoms with van der Waals surface area (Å²) >= 11 is 0. The fraction of sp³-hybridized carbons (Fsp3) is 0.381. The van der Waals surface area contributed by atoms with E-state index in [0.29, 0.717) is 6.54 Å². The van der Waals surface area contributed by atoms with E-state index in [1.165, 1.54) is 4.90 Å². The highest BCUT2D eigenvalue weighted by Gasteiger charge is 2.28. The lowest BCUT2D eigenvalue weighted by molar-refractivity contribution is -0.907. The molecular weight excluding hydrogens is 312 g/mol. The van der Waals surface area contributed by atoms with Crippen LogP contribution in [0.4, 0.5) is 0 Å². The van der Waals surface area contributed by atoms with E-state index in [4.69, 9.17) is 4.74 Å². The molecule has 0 unspecified atom stereocenters. The SMILES string of the molecule is C[C@H]1C[NH+](CC(=O)NC(c2ccccc2)c2ccccc2)C[C@H](C)O1. The summed E-state index contributed by atoms with van der Waals surface area (Å²) in [6.07, 6.45) is 0.399. The zero-order chi connectivity index (χ0) is 17.6. The van der Waals surface area contributed by atoms with Crippen LogP contribution in [0, 0.1) is 0 Å². The molecule has 4 heteroatoms. The van der Waals surface area contributed by atoms with Gasteiger partial charge in [-0.3, -0.25) is 4.79 Å². The van der Waals surface area contributed by atoms with Crippen molar-refractivity contribution in [3.63, 3.8) is 0 Å². The summed E-state index contributed by atoms with van der Waals surface area (Å²) in [5.41, 5.74) is 2.20. The second kappa shape index (κ2) is 8.28. The van der Waals surface area contributed by atoms with Gasteiger partial charge in [-0.15, -0.1) is 0 Å². The number of rotatable bonds is 5. The zero-order valence-corrected chi connectivity index (χ0v) is 14.9. The highest BCUT2D eigenvalue weighted by Crippen LogP contribution is 2.21. The van der Waals surface area contributed by atoms with Crippen LogP contribution in [0.25, 0.3) is 0 Å². The van der Waals surface area contributed by atoms with E-state index in [0.717, 1.165) is 24.2 Å². The lowest BCUT2D eigenvalue weighted by Gasteiger charge is -2.32. The fourth-order valence-corrected chi connectivity index (χ4v) is 3.62. The van der Waals surface area contributed by atoms with Gasteiger partial charge in [0.15, 0.2) is 6.54 Å². The van der Waals surface area contributed by atoms with Gasteiger partial charge in [-0.2, -0.15) is 0 Å². The fourth-order valence-electron chi connectivity index (χ4n) is 3.62. The minimum atomic E-state index is -0.120. The van der Waals surface area contributed by atoms with Crippen LogP contribution in [0.5, 0.6) is 0 Å². The lowest BCUT2D eigenvalue weighted by atomic mass is 9.98. The Morgan fingerprint density at radius 2 is 1.48 bits per heavy atom. The van der Waals surface area contributed by atoms with E-state index in [9.17, 15) is 4.79 Å². The molecule has 0 bridgehead atoms. The highest BCUT2D eigenvalue weighted by molar-refractivity contribution is 5.78. The van der Waals surface area contributed by atoms with Crippen LogP contribution >= 0.6 is 0 Å². The molecule has 1 aliphatic heterocycles. The molecule has 1 heterocycles. The van der Waals surface area contributed by atoms with Crippen molar-refractivity contribution in [2.75, 3.05) is 19.6 Å². The molecule has 2 atom stereocenters. The van der Waals surface area contributed by atoms with Crippen molar-refractivity contribution in [3.8, 4) is 0 Å². The third-order valence-corrected chi connectivity index (χ3v) is 4.60. The van der Waals surface area contributed by atoms with Crippen molar-refractivity contribution in [3.05, 3.63) is 71.8 Å². The van der Waals surface area contributed by atoms with Gasteiger partial charge in [-0.05, 0) is 25.0 Å². The maximum atomic E-state index is 12.7. The molecule has 132 valence electrons. The second-order valence-corrected chi connectivity index (χ2v) is 6.91. The Labute approximate surface area is 149 Å². The first-order valence-electron chi connectivity index (χ1n) is 9.00. The average molecular weight is 339 g/mol. The molecule has 0 radical (unpaired) electrons. The van der Waals surface area contributed by atoms with Crippen LogP contribution in [0.2, 0.25) is 0 Å². The molecule has 0 aliphatic carbocycles. The number of carbonyl (C=O) groups excluding carboxylic acids is 1. The van der Waals surface area contributed by atoms with E-state index in [2.05, 4.69) is 43.4 Å². The third kappa shape index (κ3) is 4.91. The first kappa shape index (κ1) is 17.6. The van der Waals surface area contributed by atoms with Gasteiger partial charge < -0.3 is 15.0 Å². The van der Waals surface area contributed by atoms with Crippen molar-refractivity contribution >= 4 is 5.91 Å². The summed E-state index contributed by atoms with van der Waals surface area (Å²) in [5.74, 6) is 0.0778. The number of nitrogens with one attached hydrogen (secondary N) is 2. The summed E-state index contributed by atoms with van der Waals surface area (Å²) in [7, 11) is 0. The molecule has 2 aromatic rings. The lowest BCUT2D eigenvalue weighted by Crippen LogP contribution is -3.16. The van der Waals surface area contributed by atoms with Crippen LogP contribution in [0.3, 0.4) is 0 Å². The summed E-state index contributed by atoms with van der Waals surface area (Å²) in [5, 5.41) is 3.23. The van der Waals surface area contributed by atoms with Gasteiger partial charge >= 0.3 is 0 Å². The van der Waals surface area contributed by atoms with Crippen LogP contribution in [0.1, 0.15) is 31.0 Å². The standard InChI is InChI=1S/C21H26N2O2/c1-16-13-23(14-17(2)25-16)15-20(24)22-21(18-9-5-3-6-10-18)19-11-7-4-8-12-19/h3-12,16-17,21H,13-15H2,1-2H3,(H,22,24)/p+1/t16-,17-/m0/s1. The Bertz CT molecular complexity index is 625. The first-order chi connectivity index (χ1) is 12.1. The minimum absolute atomic E-state index is 0.0778. The number of carbonyl (C=O) groups is 1. The topological polar surface area (TPSA) is 42.8 Å². The Hall–Kier alpha value is -2.17. The van der Waals surface area contributed by atoms with Crippen LogP contribution in [-0.4, -0.2) is 37.7 Å². The molecule has 0 spiro atoms. The molecule has 4 nitrogen and oxygen atoms in total. The molecule has 0 saturated carbocycles. The number of ether oxygens (including phenoxy) is 1. The van der Waals surface area contributed by atoms with Gasteiger partial charge in [0.05, 0.1) is 6.04 Å². The molecule has 2 N–H and O–H groups in total. The second-order valence-electron chi connectivity index (χ2n) is 6.91. The van der Waals surface area contributed by atoms with E-state index in [1.54, 1.807) is 0 Å². The average Bonchev–Trinajstić information content (AvgIpc) is 2.60. The highest BCUT2D eigenvalue weighted by atomic mass is 16.5. The molecule has 3 rings (SSSR count). The Kier molecular flexibility index (Phi) is 5.84. The van der Waals surface area contributed by atoms with E-state index >= 15 is 0 Å². The van der Waals surface area contributed by atoms with Crippen LogP contribution in [0.15, 0.2) is 60.7 Å². The Morgan fingerprint density at radius 3 is 1.96 bits per heavy atom. The minimum Gasteiger partial charge on any atom is -0.364 e. The van der Waals surface area contributed by atoms with Crippen LogP contribution in [-0.2, 0) is 9.53 Å². The van der Waals surface area contributed by atoms with Gasteiger partial charge in [0.2, 0.25) is 0 Å². The zero-order valence-electron chi connectivity index (χ0n) is 14.9. The number of hydrogen-bond donors (Lipinski definition) is 2. The molecule has 0 aromatic heterocycles. The van der Waals surface area contributed by atoms with Crippen molar-refractivity contribution in [2.45, 2.75) is 32.1 Å². The number of benzene rings is 2. The van der Waals surface area contributed by atoms with Crippen molar-refractivity contribution < 1.29 is 14.4 Å². The van der Waals surface area contributed by atoms with E-state index in [1.807, 2.05) is 36.4 Å². The Morgan fingerprint density at radius 1 is 1.00 bits per heavy atom. The maximum Gasteiger partial charge on any atom is 0.275 e. The summed E-state index contributed by atoms with van der Waals surface area (Å²) < 4.78 is 5.77. The van der Waals surface area contributed by atoms with Gasteiger partial charge in [-0.1, -0.05) is 60.7 Å². The number of amides is 1. The quantitative estimate of drug-likeness (QED) is 0.869. The summed E-state index contributed by atoms with van der Waals surface area (Å²) in [4.78, 5) is 14.0. The first-order valence-corrected chi connectivity index (χ1v) is 9.00. The van der Waals surface area contributed by atoms with E-state index < -0.39 is 0 Å². The molecule has 25 heavy (non-hydrogen) atoms. The summed E-state index contributed by atoms with van der Waals surface area (Å²) in [6.45, 7) is 6.38. The predicted octanol–water partition coefficient (Wildman–Crippen LogP) is 1.58. The smallest absolute Gasteiger partial charge is 0.275 e. The number of quaternary nitrogens is 1. The van der Waals surface area contributed by atoms with Gasteiger partial charge in [0.1, 0.15) is 25.3 Å². The number of hydrogen-bond acceptors (Lipinski definition) is 2. The van der Waals surface area contributed by atoms with Gasteiger partial charge in [0.25, 0.3) is 5.91 Å². The predicted molar refractivity (Wildman–Crippen MR) is 98.4 cm³/mol. The van der Waals surface area contributed by atoms with Crippen molar-refractivity contribution in [1.29, 1.82) is 0 Å². The van der Waals surface area contributed by atoms with E-state index in [-0.39, 0.29) is 24.2 Å². The molecular formula is C21H27N2O2+. The monoisotopic (exact) mass is 339 g/mol. The number of morpholine rings is 1. The molecule has 2 aromatic carbocycles. The molecule has 1 saturated heterocycles. The Balaban J connectivity index is 1.71. The van der Waals surface area contributed by atoms with Crippen molar-refractivity contribution in [2.24, 2.45) is 0 Å². The third-order valence-electron chi connectivity index (χ3n) is 4.60. The summed E-state index contributed by atoms with van der Waals surface area (Å²) in [6, 6.07) is 20.1. The van der Waals surface area contributed by atoms with Crippen LogP contribution < -0.4 is 10.2 Å². The molecule has 1 aliphatic rings.